The van der Waals surface area contributed by atoms with Crippen molar-refractivity contribution in [3.05, 3.63) is 57.6 Å². The highest BCUT2D eigenvalue weighted by Crippen LogP contribution is 2.32. The van der Waals surface area contributed by atoms with Crippen LogP contribution in [0.5, 0.6) is 11.5 Å². The smallest absolute Gasteiger partial charge is 0.416 e. The van der Waals surface area contributed by atoms with Gasteiger partial charge in [-0.1, -0.05) is 22.0 Å². The zero-order valence-corrected chi connectivity index (χ0v) is 14.4. The summed E-state index contributed by atoms with van der Waals surface area (Å²) in [5.74, 6) is -0.813. The Morgan fingerprint density at radius 2 is 2.04 bits per heavy atom. The van der Waals surface area contributed by atoms with E-state index in [0.29, 0.717) is 4.47 Å². The van der Waals surface area contributed by atoms with Crippen LogP contribution >= 0.6 is 15.9 Å². The summed E-state index contributed by atoms with van der Waals surface area (Å²) in [7, 11) is 1.37. The van der Waals surface area contributed by atoms with Gasteiger partial charge in [-0.2, -0.15) is 18.3 Å². The monoisotopic (exact) mass is 416 g/mol. The molecule has 5 nitrogen and oxygen atoms in total. The van der Waals surface area contributed by atoms with Gasteiger partial charge in [0, 0.05) is 15.6 Å². The first-order valence-corrected chi connectivity index (χ1v) is 7.59. The molecule has 0 bridgehead atoms. The molecular weight excluding hydrogens is 405 g/mol. The molecule has 132 valence electrons. The number of methoxy groups -OCH3 is 1. The van der Waals surface area contributed by atoms with Gasteiger partial charge >= 0.3 is 6.18 Å². The standard InChI is InChI=1S/C16H12BrF3N2O3/c1-25-13-7-12(17)6-10(14(13)23)8-21-22-15(24)9-3-2-4-11(5-9)16(18,19)20/h2-8,23H,1H3,(H,22,24)/b21-8-. The average Bonchev–Trinajstić information content (AvgIpc) is 2.56. The van der Waals surface area contributed by atoms with E-state index in [1.165, 1.54) is 25.3 Å². The Kier molecular flexibility index (Phi) is 5.68. The van der Waals surface area contributed by atoms with Gasteiger partial charge in [-0.15, -0.1) is 0 Å². The van der Waals surface area contributed by atoms with E-state index in [1.807, 2.05) is 0 Å². The summed E-state index contributed by atoms with van der Waals surface area (Å²) >= 11 is 3.23. The first-order valence-electron chi connectivity index (χ1n) is 6.79. The normalized spacial score (nSPS) is 11.6. The minimum absolute atomic E-state index is 0.192. The quantitative estimate of drug-likeness (QED) is 0.585. The zero-order chi connectivity index (χ0) is 18.6. The number of hydrogen-bond acceptors (Lipinski definition) is 4. The fourth-order valence-corrected chi connectivity index (χ4v) is 2.36. The van der Waals surface area contributed by atoms with Crippen molar-refractivity contribution < 1.29 is 27.8 Å². The summed E-state index contributed by atoms with van der Waals surface area (Å²) in [4.78, 5) is 11.9. The topological polar surface area (TPSA) is 70.9 Å². The number of halogens is 4. The summed E-state index contributed by atoms with van der Waals surface area (Å²) in [6.07, 6.45) is -3.40. The van der Waals surface area contributed by atoms with Crippen LogP contribution in [0.1, 0.15) is 21.5 Å². The molecule has 0 fully saturated rings. The van der Waals surface area contributed by atoms with Crippen LogP contribution in [0.2, 0.25) is 0 Å². The van der Waals surface area contributed by atoms with Crippen LogP contribution in [0.15, 0.2) is 46.0 Å². The number of phenols is 1. The Labute approximate surface area is 149 Å². The van der Waals surface area contributed by atoms with Crippen molar-refractivity contribution in [2.24, 2.45) is 5.10 Å². The van der Waals surface area contributed by atoms with Crippen molar-refractivity contribution in [2.75, 3.05) is 7.11 Å². The van der Waals surface area contributed by atoms with Gasteiger partial charge in [0.25, 0.3) is 5.91 Å². The number of nitrogens with one attached hydrogen (secondary N) is 1. The number of phenolic OH excluding ortho intramolecular Hbond substituents is 1. The van der Waals surface area contributed by atoms with Crippen LogP contribution in [0, 0.1) is 0 Å². The molecule has 0 saturated carbocycles. The second kappa shape index (κ2) is 7.56. The van der Waals surface area contributed by atoms with Gasteiger partial charge in [0.1, 0.15) is 0 Å². The van der Waals surface area contributed by atoms with E-state index in [9.17, 15) is 23.1 Å². The highest BCUT2D eigenvalue weighted by molar-refractivity contribution is 9.10. The lowest BCUT2D eigenvalue weighted by atomic mass is 10.1. The lowest BCUT2D eigenvalue weighted by Crippen LogP contribution is -2.18. The molecule has 0 aliphatic heterocycles. The molecule has 1 amide bonds. The van der Waals surface area contributed by atoms with Crippen LogP contribution in [-0.2, 0) is 6.18 Å². The van der Waals surface area contributed by atoms with Crippen molar-refractivity contribution in [3.63, 3.8) is 0 Å². The van der Waals surface area contributed by atoms with E-state index in [-0.39, 0.29) is 22.6 Å². The SMILES string of the molecule is COc1cc(Br)cc(/C=N\NC(=O)c2cccc(C(F)(F)F)c2)c1O. The van der Waals surface area contributed by atoms with Crippen molar-refractivity contribution in [3.8, 4) is 11.5 Å². The zero-order valence-electron chi connectivity index (χ0n) is 12.8. The Hall–Kier alpha value is -2.55. The average molecular weight is 417 g/mol. The molecule has 0 heterocycles. The van der Waals surface area contributed by atoms with Crippen LogP contribution < -0.4 is 10.2 Å². The van der Waals surface area contributed by atoms with Gasteiger partial charge in [0.15, 0.2) is 11.5 Å². The predicted octanol–water partition coefficient (Wildman–Crippen LogP) is 3.95. The molecule has 0 unspecified atom stereocenters. The predicted molar refractivity (Wildman–Crippen MR) is 88.9 cm³/mol. The lowest BCUT2D eigenvalue weighted by molar-refractivity contribution is -0.137. The first-order chi connectivity index (χ1) is 11.7. The molecule has 0 spiro atoms. The maximum Gasteiger partial charge on any atom is 0.416 e. The summed E-state index contributed by atoms with van der Waals surface area (Å²) in [5.41, 5.74) is 1.23. The lowest BCUT2D eigenvalue weighted by Gasteiger charge is -2.08. The summed E-state index contributed by atoms with van der Waals surface area (Å²) in [6.45, 7) is 0. The highest BCUT2D eigenvalue weighted by Gasteiger charge is 2.30. The molecule has 0 aromatic heterocycles. The Balaban J connectivity index is 2.15. The maximum absolute atomic E-state index is 12.7. The number of benzene rings is 2. The minimum atomic E-state index is -4.54. The second-order valence-corrected chi connectivity index (χ2v) is 5.74. The molecule has 0 aliphatic rings. The van der Waals surface area contributed by atoms with Gasteiger partial charge in [-0.05, 0) is 30.3 Å². The third-order valence-corrected chi connectivity index (χ3v) is 3.57. The van der Waals surface area contributed by atoms with E-state index in [4.69, 9.17) is 4.74 Å². The number of carbonyl (C=O) groups is 1. The number of hydrazone groups is 1. The van der Waals surface area contributed by atoms with E-state index < -0.39 is 17.6 Å². The molecule has 2 N–H and O–H groups in total. The van der Waals surface area contributed by atoms with E-state index in [2.05, 4.69) is 26.5 Å². The first kappa shape index (κ1) is 18.8. The third-order valence-electron chi connectivity index (χ3n) is 3.11. The molecule has 2 rings (SSSR count). The Bertz CT molecular complexity index is 823. The molecule has 0 saturated heterocycles. The number of rotatable bonds is 4. The second-order valence-electron chi connectivity index (χ2n) is 4.82. The van der Waals surface area contributed by atoms with Crippen LogP contribution in [0.4, 0.5) is 13.2 Å². The van der Waals surface area contributed by atoms with Gasteiger partial charge in [0.05, 0.1) is 18.9 Å². The molecule has 2 aromatic carbocycles. The van der Waals surface area contributed by atoms with Gasteiger partial charge in [-0.3, -0.25) is 4.79 Å². The van der Waals surface area contributed by atoms with Gasteiger partial charge < -0.3 is 9.84 Å². The molecular formula is C16H12BrF3N2O3. The number of ether oxygens (including phenoxy) is 1. The van der Waals surface area contributed by atoms with Crippen molar-refractivity contribution >= 4 is 28.1 Å². The van der Waals surface area contributed by atoms with E-state index >= 15 is 0 Å². The summed E-state index contributed by atoms with van der Waals surface area (Å²) in [6, 6.07) is 7.02. The molecule has 9 heteroatoms. The molecule has 25 heavy (non-hydrogen) atoms. The van der Waals surface area contributed by atoms with E-state index in [0.717, 1.165) is 24.4 Å². The summed E-state index contributed by atoms with van der Waals surface area (Å²) < 4.78 is 43.5. The number of hydrogen-bond donors (Lipinski definition) is 2. The number of alkyl halides is 3. The van der Waals surface area contributed by atoms with Crippen LogP contribution in [0.25, 0.3) is 0 Å². The van der Waals surface area contributed by atoms with Crippen molar-refractivity contribution in [1.82, 2.24) is 5.43 Å². The largest absolute Gasteiger partial charge is 0.504 e. The number of amides is 1. The van der Waals surface area contributed by atoms with Crippen LogP contribution in [-0.4, -0.2) is 24.3 Å². The summed E-state index contributed by atoms with van der Waals surface area (Å²) in [5, 5.41) is 13.6. The Morgan fingerprint density at radius 1 is 1.32 bits per heavy atom. The fourth-order valence-electron chi connectivity index (χ4n) is 1.91. The third kappa shape index (κ3) is 4.72. The van der Waals surface area contributed by atoms with Gasteiger partial charge in [-0.25, -0.2) is 5.43 Å². The molecule has 0 atom stereocenters. The number of nitrogens with zero attached hydrogens (tertiary/aromatic N) is 1. The van der Waals surface area contributed by atoms with Crippen molar-refractivity contribution in [2.45, 2.75) is 6.18 Å². The van der Waals surface area contributed by atoms with Crippen LogP contribution in [0.3, 0.4) is 0 Å². The van der Waals surface area contributed by atoms with E-state index in [1.54, 1.807) is 0 Å². The Morgan fingerprint density at radius 3 is 2.68 bits per heavy atom. The number of carbonyl (C=O) groups excluding carboxylic acids is 1. The van der Waals surface area contributed by atoms with Crippen molar-refractivity contribution in [1.29, 1.82) is 0 Å². The van der Waals surface area contributed by atoms with Gasteiger partial charge in [0.2, 0.25) is 0 Å². The fraction of sp³-hybridized carbons (Fsp3) is 0.125. The maximum atomic E-state index is 12.7. The highest BCUT2D eigenvalue weighted by atomic mass is 79.9. The number of aromatic hydroxyl groups is 1. The molecule has 2 aromatic rings. The minimum Gasteiger partial charge on any atom is -0.504 e. The molecule has 0 aliphatic carbocycles. The molecule has 0 radical (unpaired) electrons.